The zero-order valence-corrected chi connectivity index (χ0v) is 8.97. The molecule has 3 atom stereocenters. The Morgan fingerprint density at radius 3 is 3.07 bits per heavy atom. The van der Waals surface area contributed by atoms with Gasteiger partial charge in [-0.1, -0.05) is 19.9 Å². The van der Waals surface area contributed by atoms with Crippen molar-refractivity contribution < 1.29 is 9.90 Å². The fourth-order valence-electron chi connectivity index (χ4n) is 2.58. The van der Waals surface area contributed by atoms with E-state index < -0.39 is 5.97 Å². The summed E-state index contributed by atoms with van der Waals surface area (Å²) in [4.78, 5) is 15.3. The van der Waals surface area contributed by atoms with Gasteiger partial charge in [-0.25, -0.2) is 0 Å². The molecule has 0 spiro atoms. The number of nitrogens with zero attached hydrogens (tertiary/aromatic N) is 1. The van der Waals surface area contributed by atoms with Gasteiger partial charge in [-0.15, -0.1) is 0 Å². The van der Waals surface area contributed by atoms with Crippen molar-refractivity contribution in [3.05, 3.63) is 29.6 Å². The van der Waals surface area contributed by atoms with Crippen LogP contribution in [0.3, 0.4) is 0 Å². The summed E-state index contributed by atoms with van der Waals surface area (Å²) in [6.07, 6.45) is 2.68. The molecule has 3 unspecified atom stereocenters. The molecule has 3 nitrogen and oxygen atoms in total. The molecule has 1 N–H and O–H groups in total. The van der Waals surface area contributed by atoms with Crippen LogP contribution in [0.1, 0.15) is 31.0 Å². The second-order valence-corrected chi connectivity index (χ2v) is 4.37. The van der Waals surface area contributed by atoms with E-state index in [0.29, 0.717) is 5.92 Å². The van der Waals surface area contributed by atoms with Crippen LogP contribution in [0.4, 0.5) is 0 Å². The van der Waals surface area contributed by atoms with Crippen molar-refractivity contribution >= 4 is 5.97 Å². The average molecular weight is 205 g/mol. The van der Waals surface area contributed by atoms with Crippen molar-refractivity contribution in [2.75, 3.05) is 0 Å². The van der Waals surface area contributed by atoms with Crippen LogP contribution in [0.5, 0.6) is 0 Å². The van der Waals surface area contributed by atoms with E-state index in [-0.39, 0.29) is 11.8 Å². The summed E-state index contributed by atoms with van der Waals surface area (Å²) in [5, 5.41) is 9.07. The Kier molecular flexibility index (Phi) is 2.47. The monoisotopic (exact) mass is 205 g/mol. The van der Waals surface area contributed by atoms with Crippen LogP contribution >= 0.6 is 0 Å². The lowest BCUT2D eigenvalue weighted by molar-refractivity contribution is -0.142. The summed E-state index contributed by atoms with van der Waals surface area (Å²) in [7, 11) is 0. The van der Waals surface area contributed by atoms with Crippen LogP contribution in [-0.4, -0.2) is 16.1 Å². The summed E-state index contributed by atoms with van der Waals surface area (Å²) in [5.41, 5.74) is 2.20. The lowest BCUT2D eigenvalue weighted by Crippen LogP contribution is -2.21. The zero-order chi connectivity index (χ0) is 11.0. The average Bonchev–Trinajstić information content (AvgIpc) is 2.52. The van der Waals surface area contributed by atoms with E-state index in [1.165, 1.54) is 0 Å². The van der Waals surface area contributed by atoms with E-state index in [1.807, 2.05) is 12.1 Å². The molecule has 0 saturated carbocycles. The maximum Gasteiger partial charge on any atom is 0.306 e. The Bertz CT molecular complexity index is 389. The van der Waals surface area contributed by atoms with Crippen LogP contribution < -0.4 is 0 Å². The minimum Gasteiger partial charge on any atom is -0.481 e. The van der Waals surface area contributed by atoms with Gasteiger partial charge in [0.1, 0.15) is 0 Å². The molecule has 0 radical (unpaired) electrons. The minimum atomic E-state index is -0.719. The number of hydrogen-bond donors (Lipinski definition) is 1. The van der Waals surface area contributed by atoms with Gasteiger partial charge >= 0.3 is 5.97 Å². The first-order valence-corrected chi connectivity index (χ1v) is 5.28. The van der Waals surface area contributed by atoms with Crippen molar-refractivity contribution in [1.29, 1.82) is 0 Å². The number of rotatable bonds is 2. The first kappa shape index (κ1) is 10.1. The summed E-state index contributed by atoms with van der Waals surface area (Å²) in [5.74, 6) is -0.554. The molecule has 0 bridgehead atoms. The molecular weight excluding hydrogens is 190 g/mol. The van der Waals surface area contributed by atoms with Gasteiger partial charge in [-0.05, 0) is 24.0 Å². The minimum absolute atomic E-state index is 0.117. The second kappa shape index (κ2) is 3.65. The number of carbonyl (C=O) groups is 1. The molecule has 0 aromatic carbocycles. The van der Waals surface area contributed by atoms with Gasteiger partial charge in [-0.2, -0.15) is 0 Å². The number of aliphatic carboxylic acids is 1. The fraction of sp³-hybridized carbons (Fsp3) is 0.500. The molecule has 1 aromatic heterocycles. The first-order valence-electron chi connectivity index (χ1n) is 5.28. The summed E-state index contributed by atoms with van der Waals surface area (Å²) >= 11 is 0. The third-order valence-electron chi connectivity index (χ3n) is 3.34. The molecule has 2 rings (SSSR count). The largest absolute Gasteiger partial charge is 0.481 e. The number of fused-ring (bicyclic) bond motifs is 1. The topological polar surface area (TPSA) is 50.2 Å². The molecule has 3 heteroatoms. The van der Waals surface area contributed by atoms with E-state index in [4.69, 9.17) is 5.11 Å². The standard InChI is InChI=1S/C12H15NO2/c1-7-6-10-9(4-3-5-13-10)11(7)8(2)12(14)15/h3-5,7-8,11H,6H2,1-2H3,(H,14,15). The van der Waals surface area contributed by atoms with Gasteiger partial charge in [0.05, 0.1) is 5.92 Å². The van der Waals surface area contributed by atoms with Gasteiger partial charge in [-0.3, -0.25) is 9.78 Å². The predicted molar refractivity (Wildman–Crippen MR) is 56.6 cm³/mol. The highest BCUT2D eigenvalue weighted by Crippen LogP contribution is 2.41. The van der Waals surface area contributed by atoms with E-state index in [9.17, 15) is 4.79 Å². The Labute approximate surface area is 89.2 Å². The molecule has 1 heterocycles. The van der Waals surface area contributed by atoms with E-state index >= 15 is 0 Å². The molecular formula is C12H15NO2. The maximum atomic E-state index is 11.0. The van der Waals surface area contributed by atoms with Gasteiger partial charge in [0.2, 0.25) is 0 Å². The van der Waals surface area contributed by atoms with Crippen molar-refractivity contribution in [1.82, 2.24) is 4.98 Å². The number of aromatic nitrogens is 1. The van der Waals surface area contributed by atoms with E-state index in [2.05, 4.69) is 11.9 Å². The second-order valence-electron chi connectivity index (χ2n) is 4.37. The molecule has 15 heavy (non-hydrogen) atoms. The first-order chi connectivity index (χ1) is 7.11. The number of pyridine rings is 1. The van der Waals surface area contributed by atoms with Crippen molar-refractivity contribution in [3.63, 3.8) is 0 Å². The van der Waals surface area contributed by atoms with Gasteiger partial charge in [0, 0.05) is 17.8 Å². The Hall–Kier alpha value is -1.38. The zero-order valence-electron chi connectivity index (χ0n) is 8.97. The lowest BCUT2D eigenvalue weighted by atomic mass is 9.83. The number of carboxylic acids is 1. The normalized spacial score (nSPS) is 26.0. The molecule has 0 aliphatic heterocycles. The Balaban J connectivity index is 2.37. The highest BCUT2D eigenvalue weighted by Gasteiger charge is 2.36. The quantitative estimate of drug-likeness (QED) is 0.804. The smallest absolute Gasteiger partial charge is 0.306 e. The maximum absolute atomic E-state index is 11.0. The SMILES string of the molecule is CC1Cc2ncccc2C1C(C)C(=O)O. The van der Waals surface area contributed by atoms with Gasteiger partial charge < -0.3 is 5.11 Å². The molecule has 0 amide bonds. The van der Waals surface area contributed by atoms with Crippen molar-refractivity contribution in [2.24, 2.45) is 11.8 Å². The molecule has 0 fully saturated rings. The molecule has 0 saturated heterocycles. The van der Waals surface area contributed by atoms with Crippen molar-refractivity contribution in [2.45, 2.75) is 26.2 Å². The molecule has 1 aliphatic carbocycles. The molecule has 1 aliphatic rings. The van der Waals surface area contributed by atoms with E-state index in [0.717, 1.165) is 17.7 Å². The summed E-state index contributed by atoms with van der Waals surface area (Å²) in [6.45, 7) is 3.89. The Morgan fingerprint density at radius 2 is 2.40 bits per heavy atom. The Morgan fingerprint density at radius 1 is 1.67 bits per heavy atom. The van der Waals surface area contributed by atoms with Gasteiger partial charge in [0.25, 0.3) is 0 Å². The van der Waals surface area contributed by atoms with Gasteiger partial charge in [0.15, 0.2) is 0 Å². The highest BCUT2D eigenvalue weighted by atomic mass is 16.4. The van der Waals surface area contributed by atoms with E-state index in [1.54, 1.807) is 13.1 Å². The number of carboxylic acid groups (broad SMARTS) is 1. The van der Waals surface area contributed by atoms with Crippen LogP contribution in [0.15, 0.2) is 18.3 Å². The van der Waals surface area contributed by atoms with Crippen LogP contribution in [-0.2, 0) is 11.2 Å². The molecule has 80 valence electrons. The molecule has 1 aromatic rings. The highest BCUT2D eigenvalue weighted by molar-refractivity contribution is 5.71. The van der Waals surface area contributed by atoms with Crippen LogP contribution in [0.25, 0.3) is 0 Å². The van der Waals surface area contributed by atoms with Crippen LogP contribution in [0.2, 0.25) is 0 Å². The van der Waals surface area contributed by atoms with Crippen molar-refractivity contribution in [3.8, 4) is 0 Å². The third-order valence-corrected chi connectivity index (χ3v) is 3.34. The predicted octanol–water partition coefficient (Wildman–Crippen LogP) is 2.08. The summed E-state index contributed by atoms with van der Waals surface area (Å²) in [6, 6.07) is 3.90. The fourth-order valence-corrected chi connectivity index (χ4v) is 2.58. The summed E-state index contributed by atoms with van der Waals surface area (Å²) < 4.78 is 0. The third kappa shape index (κ3) is 1.62. The number of hydrogen-bond acceptors (Lipinski definition) is 2. The lowest BCUT2D eigenvalue weighted by Gasteiger charge is -2.20. The van der Waals surface area contributed by atoms with Crippen LogP contribution in [0, 0.1) is 11.8 Å².